The van der Waals surface area contributed by atoms with Gasteiger partial charge in [0.25, 0.3) is 0 Å². The summed E-state index contributed by atoms with van der Waals surface area (Å²) in [5.41, 5.74) is -0.0943. The van der Waals surface area contributed by atoms with Crippen LogP contribution in [0, 0.1) is 11.3 Å². The van der Waals surface area contributed by atoms with E-state index in [4.69, 9.17) is 0 Å². The number of hydrogen-bond acceptors (Lipinski definition) is 2. The van der Waals surface area contributed by atoms with E-state index in [1.165, 1.54) is 0 Å². The van der Waals surface area contributed by atoms with Gasteiger partial charge in [0.15, 0.2) is 0 Å². The minimum absolute atomic E-state index is 0.0324. The molecule has 1 saturated carbocycles. The number of hydrogen-bond donors (Lipinski definition) is 0. The Morgan fingerprint density at radius 2 is 2.09 bits per heavy atom. The Bertz CT molecular complexity index is 204. The molecule has 1 rings (SSSR count). The molecule has 0 heterocycles. The van der Waals surface area contributed by atoms with Gasteiger partial charge in [0.2, 0.25) is 0 Å². The molecule has 0 radical (unpaired) electrons. The summed E-state index contributed by atoms with van der Waals surface area (Å²) in [6.45, 7) is 5.55. The Morgan fingerprint density at radius 1 is 1.55 bits per heavy atom. The van der Waals surface area contributed by atoms with Crippen molar-refractivity contribution in [1.29, 1.82) is 0 Å². The van der Waals surface area contributed by atoms with Crippen molar-refractivity contribution in [1.82, 2.24) is 0 Å². The van der Waals surface area contributed by atoms with Crippen LogP contribution in [0.2, 0.25) is 0 Å². The fourth-order valence-electron chi connectivity index (χ4n) is 1.90. The predicted molar refractivity (Wildman–Crippen MR) is 42.2 cm³/mol. The van der Waals surface area contributed by atoms with E-state index in [9.17, 15) is 9.59 Å². The van der Waals surface area contributed by atoms with Gasteiger partial charge in [-0.05, 0) is 12.3 Å². The zero-order valence-corrected chi connectivity index (χ0v) is 7.31. The van der Waals surface area contributed by atoms with E-state index >= 15 is 0 Å². The van der Waals surface area contributed by atoms with Crippen molar-refractivity contribution in [3.8, 4) is 0 Å². The van der Waals surface area contributed by atoms with Gasteiger partial charge in [-0.15, -0.1) is 0 Å². The van der Waals surface area contributed by atoms with E-state index in [2.05, 4.69) is 0 Å². The van der Waals surface area contributed by atoms with Crippen molar-refractivity contribution < 1.29 is 9.59 Å². The van der Waals surface area contributed by atoms with Crippen LogP contribution in [0.25, 0.3) is 0 Å². The lowest BCUT2D eigenvalue weighted by atomic mass is 9.80. The summed E-state index contributed by atoms with van der Waals surface area (Å²) in [7, 11) is 0. The van der Waals surface area contributed by atoms with E-state index in [1.54, 1.807) is 6.92 Å². The van der Waals surface area contributed by atoms with Crippen molar-refractivity contribution in [2.24, 2.45) is 11.3 Å². The van der Waals surface area contributed by atoms with Crippen LogP contribution >= 0.6 is 0 Å². The Balaban J connectivity index is 2.82. The molecule has 11 heavy (non-hydrogen) atoms. The fourth-order valence-corrected chi connectivity index (χ4v) is 1.90. The lowest BCUT2D eigenvalue weighted by Crippen LogP contribution is -2.23. The van der Waals surface area contributed by atoms with Crippen molar-refractivity contribution in [2.45, 2.75) is 33.6 Å². The van der Waals surface area contributed by atoms with E-state index in [1.807, 2.05) is 13.8 Å². The molecular formula is C9H14O2. The lowest BCUT2D eigenvalue weighted by molar-refractivity contribution is -0.124. The number of ketones is 2. The molecular weight excluding hydrogens is 140 g/mol. The van der Waals surface area contributed by atoms with E-state index < -0.39 is 0 Å². The smallest absolute Gasteiger partial charge is 0.134 e. The summed E-state index contributed by atoms with van der Waals surface area (Å²) < 4.78 is 0. The van der Waals surface area contributed by atoms with Crippen molar-refractivity contribution in [2.75, 3.05) is 0 Å². The summed E-state index contributed by atoms with van der Waals surface area (Å²) in [6.07, 6.45) is 1.03. The maximum atomic E-state index is 11.1. The zero-order chi connectivity index (χ0) is 8.65. The maximum Gasteiger partial charge on any atom is 0.134 e. The molecule has 0 aromatic carbocycles. The highest BCUT2D eigenvalue weighted by molar-refractivity contribution is 5.91. The number of rotatable bonds is 1. The SMILES string of the molecule is CC(=O)C1CC(=O)CC1(C)C. The van der Waals surface area contributed by atoms with Crippen LogP contribution in [0.3, 0.4) is 0 Å². The normalized spacial score (nSPS) is 29.0. The van der Waals surface area contributed by atoms with Gasteiger partial charge >= 0.3 is 0 Å². The van der Waals surface area contributed by atoms with E-state index in [0.717, 1.165) is 0 Å². The molecule has 1 atom stereocenters. The standard InChI is InChI=1S/C9H14O2/c1-6(10)8-4-7(11)5-9(8,2)3/h8H,4-5H2,1-3H3. The van der Waals surface area contributed by atoms with Crippen LogP contribution in [0.5, 0.6) is 0 Å². The molecule has 62 valence electrons. The van der Waals surface area contributed by atoms with Gasteiger partial charge in [-0.1, -0.05) is 13.8 Å². The molecule has 1 fully saturated rings. The van der Waals surface area contributed by atoms with E-state index in [-0.39, 0.29) is 22.9 Å². The molecule has 1 aliphatic rings. The molecule has 0 saturated heterocycles. The Morgan fingerprint density at radius 3 is 2.27 bits per heavy atom. The average molecular weight is 154 g/mol. The summed E-state index contributed by atoms with van der Waals surface area (Å²) in [5, 5.41) is 0. The number of carbonyl (C=O) groups excluding carboxylic acids is 2. The third-order valence-corrected chi connectivity index (χ3v) is 2.52. The minimum atomic E-state index is -0.0943. The molecule has 2 nitrogen and oxygen atoms in total. The molecule has 1 unspecified atom stereocenters. The van der Waals surface area contributed by atoms with Crippen LogP contribution in [-0.4, -0.2) is 11.6 Å². The predicted octanol–water partition coefficient (Wildman–Crippen LogP) is 1.58. The average Bonchev–Trinajstić information content (AvgIpc) is 2.04. The molecule has 2 heteroatoms. The fraction of sp³-hybridized carbons (Fsp3) is 0.778. The van der Waals surface area contributed by atoms with E-state index in [0.29, 0.717) is 12.8 Å². The monoisotopic (exact) mass is 154 g/mol. The topological polar surface area (TPSA) is 34.1 Å². The molecule has 0 amide bonds. The summed E-state index contributed by atoms with van der Waals surface area (Å²) in [4.78, 5) is 22.1. The van der Waals surface area contributed by atoms with Gasteiger partial charge in [-0.2, -0.15) is 0 Å². The van der Waals surface area contributed by atoms with Crippen LogP contribution < -0.4 is 0 Å². The first-order valence-corrected chi connectivity index (χ1v) is 3.95. The van der Waals surface area contributed by atoms with Gasteiger partial charge in [-0.25, -0.2) is 0 Å². The largest absolute Gasteiger partial charge is 0.300 e. The van der Waals surface area contributed by atoms with Crippen LogP contribution in [0.1, 0.15) is 33.6 Å². The third-order valence-electron chi connectivity index (χ3n) is 2.52. The minimum Gasteiger partial charge on any atom is -0.300 e. The first kappa shape index (κ1) is 8.44. The van der Waals surface area contributed by atoms with Gasteiger partial charge < -0.3 is 0 Å². The lowest BCUT2D eigenvalue weighted by Gasteiger charge is -2.22. The molecule has 0 spiro atoms. The van der Waals surface area contributed by atoms with Crippen LogP contribution in [-0.2, 0) is 9.59 Å². The van der Waals surface area contributed by atoms with Crippen molar-refractivity contribution in [3.05, 3.63) is 0 Å². The van der Waals surface area contributed by atoms with Crippen LogP contribution in [0.15, 0.2) is 0 Å². The van der Waals surface area contributed by atoms with Crippen LogP contribution in [0.4, 0.5) is 0 Å². The molecule has 0 aromatic heterocycles. The Hall–Kier alpha value is -0.660. The molecule has 0 bridgehead atoms. The molecule has 0 aromatic rings. The van der Waals surface area contributed by atoms with Gasteiger partial charge in [0.05, 0.1) is 0 Å². The maximum absolute atomic E-state index is 11.1. The second kappa shape index (κ2) is 2.43. The Kier molecular flexibility index (Phi) is 1.87. The quantitative estimate of drug-likeness (QED) is 0.574. The molecule has 0 N–H and O–H groups in total. The number of carbonyl (C=O) groups is 2. The number of Topliss-reactive ketones (excluding diaryl/α,β-unsaturated/α-hetero) is 2. The first-order chi connectivity index (χ1) is 4.93. The second-order valence-corrected chi connectivity index (χ2v) is 4.07. The van der Waals surface area contributed by atoms with Gasteiger partial charge in [0.1, 0.15) is 11.6 Å². The van der Waals surface area contributed by atoms with Crippen molar-refractivity contribution in [3.63, 3.8) is 0 Å². The summed E-state index contributed by atoms with van der Waals surface area (Å²) in [5.74, 6) is 0.353. The second-order valence-electron chi connectivity index (χ2n) is 4.07. The van der Waals surface area contributed by atoms with Crippen molar-refractivity contribution >= 4 is 11.6 Å². The highest BCUT2D eigenvalue weighted by Gasteiger charge is 2.41. The first-order valence-electron chi connectivity index (χ1n) is 3.95. The molecule has 1 aliphatic carbocycles. The molecule has 0 aliphatic heterocycles. The highest BCUT2D eigenvalue weighted by Crippen LogP contribution is 2.40. The zero-order valence-electron chi connectivity index (χ0n) is 7.31. The van der Waals surface area contributed by atoms with Gasteiger partial charge in [0, 0.05) is 18.8 Å². The van der Waals surface area contributed by atoms with Gasteiger partial charge in [-0.3, -0.25) is 9.59 Å². The summed E-state index contributed by atoms with van der Waals surface area (Å²) >= 11 is 0. The highest BCUT2D eigenvalue weighted by atomic mass is 16.1. The third kappa shape index (κ3) is 1.50. The summed E-state index contributed by atoms with van der Waals surface area (Å²) in [6, 6.07) is 0. The Labute approximate surface area is 67.0 Å².